The van der Waals surface area contributed by atoms with Crippen molar-refractivity contribution in [2.24, 2.45) is 10.9 Å². The number of hydrogen-bond acceptors (Lipinski definition) is 4. The second-order valence-corrected chi connectivity index (χ2v) is 2.94. The predicted octanol–water partition coefficient (Wildman–Crippen LogP) is 0.501. The molecule has 2 heterocycles. The van der Waals surface area contributed by atoms with E-state index in [2.05, 4.69) is 15.1 Å². The van der Waals surface area contributed by atoms with Gasteiger partial charge in [0.05, 0.1) is 6.20 Å². The summed E-state index contributed by atoms with van der Waals surface area (Å²) in [5.41, 5.74) is 5.42. The van der Waals surface area contributed by atoms with Crippen LogP contribution in [0.25, 0.3) is 5.82 Å². The van der Waals surface area contributed by atoms with Gasteiger partial charge in [-0.1, -0.05) is 5.16 Å². The van der Waals surface area contributed by atoms with Gasteiger partial charge in [0.25, 0.3) is 0 Å². The molecule has 3 N–H and O–H groups in total. The molecule has 0 atom stereocenters. The van der Waals surface area contributed by atoms with E-state index in [1.165, 1.54) is 22.9 Å². The second-order valence-electron chi connectivity index (χ2n) is 2.94. The molecular formula is C9H8FN5O. The van der Waals surface area contributed by atoms with E-state index in [4.69, 9.17) is 10.9 Å². The summed E-state index contributed by atoms with van der Waals surface area (Å²) in [5.74, 6) is 0.0902. The van der Waals surface area contributed by atoms with Gasteiger partial charge in [-0.25, -0.2) is 14.4 Å². The van der Waals surface area contributed by atoms with Gasteiger partial charge in [0.1, 0.15) is 11.6 Å². The summed E-state index contributed by atoms with van der Waals surface area (Å²) in [6, 6.07) is 2.73. The van der Waals surface area contributed by atoms with Gasteiger partial charge in [-0.2, -0.15) is 0 Å². The van der Waals surface area contributed by atoms with Crippen LogP contribution in [0.3, 0.4) is 0 Å². The number of imidazole rings is 1. The van der Waals surface area contributed by atoms with Crippen molar-refractivity contribution in [2.75, 3.05) is 0 Å². The fourth-order valence-corrected chi connectivity index (χ4v) is 1.23. The van der Waals surface area contributed by atoms with Gasteiger partial charge >= 0.3 is 0 Å². The molecule has 0 radical (unpaired) electrons. The molecule has 7 heteroatoms. The van der Waals surface area contributed by atoms with Crippen molar-refractivity contribution in [3.8, 4) is 5.82 Å². The first kappa shape index (κ1) is 10.1. The summed E-state index contributed by atoms with van der Waals surface area (Å²) < 4.78 is 14.2. The molecule has 16 heavy (non-hydrogen) atoms. The number of hydrogen-bond donors (Lipinski definition) is 2. The van der Waals surface area contributed by atoms with E-state index >= 15 is 0 Å². The Morgan fingerprint density at radius 3 is 2.88 bits per heavy atom. The van der Waals surface area contributed by atoms with Gasteiger partial charge in [-0.15, -0.1) is 0 Å². The van der Waals surface area contributed by atoms with E-state index in [1.54, 1.807) is 6.20 Å². The quantitative estimate of drug-likeness (QED) is 0.334. The van der Waals surface area contributed by atoms with Crippen LogP contribution in [0.5, 0.6) is 0 Å². The van der Waals surface area contributed by atoms with Crippen molar-refractivity contribution < 1.29 is 9.60 Å². The van der Waals surface area contributed by atoms with E-state index in [-0.39, 0.29) is 11.7 Å². The molecule has 0 saturated heterocycles. The Labute approximate surface area is 89.9 Å². The number of pyridine rings is 1. The first-order valence-corrected chi connectivity index (χ1v) is 4.35. The Morgan fingerprint density at radius 2 is 2.25 bits per heavy atom. The topological polar surface area (TPSA) is 89.3 Å². The Balaban J connectivity index is 2.49. The first-order chi connectivity index (χ1) is 7.72. The highest BCUT2D eigenvalue weighted by Crippen LogP contribution is 2.08. The standard InChI is InChI=1S/C9H8FN5O/c10-6-1-2-7(13-5-6)15-4-3-12-9(15)8(11)14-16/h1-5,16H,(H2,11,14). The van der Waals surface area contributed by atoms with Gasteiger partial charge in [0.15, 0.2) is 5.82 Å². The van der Waals surface area contributed by atoms with E-state index in [0.29, 0.717) is 5.82 Å². The van der Waals surface area contributed by atoms with Crippen LogP contribution >= 0.6 is 0 Å². The zero-order valence-corrected chi connectivity index (χ0v) is 8.08. The van der Waals surface area contributed by atoms with Gasteiger partial charge in [0.2, 0.25) is 5.84 Å². The zero-order valence-electron chi connectivity index (χ0n) is 8.08. The maximum Gasteiger partial charge on any atom is 0.206 e. The van der Waals surface area contributed by atoms with Crippen molar-refractivity contribution in [3.63, 3.8) is 0 Å². The SMILES string of the molecule is NC(=NO)c1nccn1-c1ccc(F)cn1. The van der Waals surface area contributed by atoms with Crippen LogP contribution in [-0.2, 0) is 0 Å². The summed E-state index contributed by atoms with van der Waals surface area (Å²) >= 11 is 0. The summed E-state index contributed by atoms with van der Waals surface area (Å²) in [7, 11) is 0. The Morgan fingerprint density at radius 1 is 1.44 bits per heavy atom. The molecule has 6 nitrogen and oxygen atoms in total. The lowest BCUT2D eigenvalue weighted by molar-refractivity contribution is 0.318. The monoisotopic (exact) mass is 221 g/mol. The van der Waals surface area contributed by atoms with Gasteiger partial charge in [-0.05, 0) is 12.1 Å². The van der Waals surface area contributed by atoms with E-state index in [0.717, 1.165) is 6.20 Å². The average Bonchev–Trinajstić information content (AvgIpc) is 2.78. The van der Waals surface area contributed by atoms with Crippen LogP contribution in [-0.4, -0.2) is 25.6 Å². The predicted molar refractivity (Wildman–Crippen MR) is 53.8 cm³/mol. The number of aromatic nitrogens is 3. The van der Waals surface area contributed by atoms with Crippen LogP contribution in [0.4, 0.5) is 4.39 Å². The molecule has 0 aromatic carbocycles. The summed E-state index contributed by atoms with van der Waals surface area (Å²) in [4.78, 5) is 7.75. The highest BCUT2D eigenvalue weighted by molar-refractivity contribution is 5.94. The van der Waals surface area contributed by atoms with E-state index in [1.807, 2.05) is 0 Å². The van der Waals surface area contributed by atoms with Crippen LogP contribution in [0.1, 0.15) is 5.82 Å². The van der Waals surface area contributed by atoms with E-state index < -0.39 is 5.82 Å². The van der Waals surface area contributed by atoms with Gasteiger partial charge in [0, 0.05) is 12.4 Å². The average molecular weight is 221 g/mol. The fraction of sp³-hybridized carbons (Fsp3) is 0. The summed E-state index contributed by atoms with van der Waals surface area (Å²) in [6.07, 6.45) is 4.12. The first-order valence-electron chi connectivity index (χ1n) is 4.35. The van der Waals surface area contributed by atoms with Gasteiger partial charge in [-0.3, -0.25) is 4.57 Å². The fourth-order valence-electron chi connectivity index (χ4n) is 1.23. The minimum atomic E-state index is -0.436. The molecular weight excluding hydrogens is 213 g/mol. The van der Waals surface area contributed by atoms with Crippen molar-refractivity contribution in [1.82, 2.24) is 14.5 Å². The number of rotatable bonds is 2. The Bertz CT molecular complexity index is 519. The molecule has 0 unspecified atom stereocenters. The van der Waals surface area contributed by atoms with Crippen LogP contribution < -0.4 is 5.73 Å². The summed E-state index contributed by atoms with van der Waals surface area (Å²) in [5, 5.41) is 11.4. The lowest BCUT2D eigenvalue weighted by atomic mass is 10.4. The molecule has 2 aromatic rings. The third-order valence-electron chi connectivity index (χ3n) is 1.94. The Kier molecular flexibility index (Phi) is 2.50. The minimum Gasteiger partial charge on any atom is -0.409 e. The number of oxime groups is 1. The third kappa shape index (κ3) is 1.70. The zero-order chi connectivity index (χ0) is 11.5. The lowest BCUT2D eigenvalue weighted by Gasteiger charge is -2.04. The number of amidine groups is 1. The van der Waals surface area contributed by atoms with Gasteiger partial charge < -0.3 is 10.9 Å². The number of nitrogens with two attached hydrogens (primary N) is 1. The molecule has 0 aliphatic carbocycles. The Hall–Kier alpha value is -2.44. The largest absolute Gasteiger partial charge is 0.409 e. The smallest absolute Gasteiger partial charge is 0.206 e. The lowest BCUT2D eigenvalue weighted by Crippen LogP contribution is -2.19. The highest BCUT2D eigenvalue weighted by atomic mass is 19.1. The molecule has 0 bridgehead atoms. The molecule has 0 amide bonds. The third-order valence-corrected chi connectivity index (χ3v) is 1.94. The van der Waals surface area contributed by atoms with Crippen molar-refractivity contribution in [1.29, 1.82) is 0 Å². The molecule has 82 valence electrons. The normalized spacial score (nSPS) is 11.7. The maximum atomic E-state index is 12.7. The second kappa shape index (κ2) is 3.97. The molecule has 0 spiro atoms. The molecule has 0 fully saturated rings. The van der Waals surface area contributed by atoms with Crippen LogP contribution in [0, 0.1) is 5.82 Å². The molecule has 2 aromatic heterocycles. The molecule has 2 rings (SSSR count). The minimum absolute atomic E-state index is 0.142. The molecule has 0 aliphatic rings. The van der Waals surface area contributed by atoms with Crippen molar-refractivity contribution >= 4 is 5.84 Å². The summed E-state index contributed by atoms with van der Waals surface area (Å²) in [6.45, 7) is 0. The van der Waals surface area contributed by atoms with Crippen molar-refractivity contribution in [2.45, 2.75) is 0 Å². The number of halogens is 1. The molecule has 0 saturated carbocycles. The van der Waals surface area contributed by atoms with Crippen LogP contribution in [0.2, 0.25) is 0 Å². The van der Waals surface area contributed by atoms with Crippen LogP contribution in [0.15, 0.2) is 35.9 Å². The molecule has 0 aliphatic heterocycles. The maximum absolute atomic E-state index is 12.7. The highest BCUT2D eigenvalue weighted by Gasteiger charge is 2.09. The van der Waals surface area contributed by atoms with E-state index in [9.17, 15) is 4.39 Å². The van der Waals surface area contributed by atoms with Crippen molar-refractivity contribution in [3.05, 3.63) is 42.4 Å². The number of nitrogens with zero attached hydrogens (tertiary/aromatic N) is 4.